The Morgan fingerprint density at radius 3 is 2.67 bits per heavy atom. The third-order valence-electron chi connectivity index (χ3n) is 1.69. The van der Waals surface area contributed by atoms with Crippen LogP contribution in [0.2, 0.25) is 0 Å². The van der Waals surface area contributed by atoms with Gasteiger partial charge < -0.3 is 0 Å². The number of alkyl halides is 1. The van der Waals surface area contributed by atoms with E-state index in [0.717, 1.165) is 0 Å². The lowest BCUT2D eigenvalue weighted by Crippen LogP contribution is -2.05. The third kappa shape index (κ3) is 1.81. The van der Waals surface area contributed by atoms with Crippen molar-refractivity contribution in [2.24, 2.45) is 0 Å². The summed E-state index contributed by atoms with van der Waals surface area (Å²) in [5.74, 6) is 0. The van der Waals surface area contributed by atoms with Crippen molar-refractivity contribution in [2.75, 3.05) is 0 Å². The summed E-state index contributed by atoms with van der Waals surface area (Å²) in [6.45, 7) is 2.19. The van der Waals surface area contributed by atoms with Crippen molar-refractivity contribution in [1.29, 1.82) is 0 Å². The largest absolute Gasteiger partial charge is 0.0833 e. The molecule has 0 saturated carbocycles. The highest BCUT2D eigenvalue weighted by Crippen LogP contribution is 2.33. The molecule has 0 aliphatic heterocycles. The quantitative estimate of drug-likeness (QED) is 0.579. The molecule has 0 saturated heterocycles. The lowest BCUT2D eigenvalue weighted by molar-refractivity contribution is 0.712. The Labute approximate surface area is 73.0 Å². The van der Waals surface area contributed by atoms with E-state index in [2.05, 4.69) is 38.8 Å². The zero-order valence-corrected chi connectivity index (χ0v) is 8.63. The van der Waals surface area contributed by atoms with E-state index in [1.807, 2.05) is 0 Å². The maximum Gasteiger partial charge on any atom is 0.0460 e. The van der Waals surface area contributed by atoms with Crippen LogP contribution >= 0.6 is 31.9 Å². The molecule has 0 aromatic rings. The van der Waals surface area contributed by atoms with Gasteiger partial charge in [-0.2, -0.15) is 0 Å². The molecule has 1 atom stereocenters. The van der Waals surface area contributed by atoms with Gasteiger partial charge in [0.25, 0.3) is 0 Å². The number of hydrogen-bond donors (Lipinski definition) is 0. The van der Waals surface area contributed by atoms with Gasteiger partial charge in [-0.25, -0.2) is 0 Å². The summed E-state index contributed by atoms with van der Waals surface area (Å²) in [5, 5.41) is 0. The molecule has 0 N–H and O–H groups in total. The molecule has 0 amide bonds. The Morgan fingerprint density at radius 2 is 2.22 bits per heavy atom. The molecule has 0 aromatic heterocycles. The fraction of sp³-hybridized carbons (Fsp3) is 0.714. The van der Waals surface area contributed by atoms with Crippen LogP contribution in [0, 0.1) is 0 Å². The van der Waals surface area contributed by atoms with E-state index in [1.54, 1.807) is 0 Å². The normalized spacial score (nSPS) is 29.0. The van der Waals surface area contributed by atoms with E-state index in [1.165, 1.54) is 29.3 Å². The molecule has 2 heteroatoms. The van der Waals surface area contributed by atoms with Gasteiger partial charge in [-0.05, 0) is 26.2 Å². The molecule has 1 rings (SSSR count). The maximum atomic E-state index is 3.59. The van der Waals surface area contributed by atoms with Gasteiger partial charge in [-0.15, -0.1) is 0 Å². The number of allylic oxidation sites excluding steroid dienone is 2. The van der Waals surface area contributed by atoms with Crippen LogP contribution in [0.25, 0.3) is 0 Å². The summed E-state index contributed by atoms with van der Waals surface area (Å²) < 4.78 is 1.37. The van der Waals surface area contributed by atoms with Crippen molar-refractivity contribution in [3.05, 3.63) is 10.1 Å². The zero-order valence-electron chi connectivity index (χ0n) is 5.45. The molecule has 52 valence electrons. The molecule has 1 aliphatic rings. The summed E-state index contributed by atoms with van der Waals surface area (Å²) in [7, 11) is 0. The first kappa shape index (κ1) is 7.80. The fourth-order valence-electron chi connectivity index (χ4n) is 1.06. The van der Waals surface area contributed by atoms with Gasteiger partial charge in [0.2, 0.25) is 0 Å². The van der Waals surface area contributed by atoms with Crippen LogP contribution < -0.4 is 0 Å². The minimum absolute atomic E-state index is 0.589. The molecule has 0 nitrogen and oxygen atoms in total. The first-order valence-electron chi connectivity index (χ1n) is 3.21. The van der Waals surface area contributed by atoms with Gasteiger partial charge in [0.15, 0.2) is 0 Å². The van der Waals surface area contributed by atoms with Crippen molar-refractivity contribution in [2.45, 2.75) is 31.0 Å². The van der Waals surface area contributed by atoms with E-state index in [-0.39, 0.29) is 0 Å². The van der Waals surface area contributed by atoms with Gasteiger partial charge in [-0.1, -0.05) is 37.4 Å². The Hall–Kier alpha value is 0.700. The summed E-state index contributed by atoms with van der Waals surface area (Å²) >= 11 is 7.14. The number of rotatable bonds is 0. The number of hydrogen-bond acceptors (Lipinski definition) is 0. The van der Waals surface area contributed by atoms with E-state index >= 15 is 0 Å². The molecule has 0 radical (unpaired) electrons. The standard InChI is InChI=1S/C7H10Br2/c1-5-3-2-4-6(8)7(5)9/h6H,2-4H2,1H3/t6-/m1/s1. The van der Waals surface area contributed by atoms with Crippen LogP contribution in [-0.2, 0) is 0 Å². The van der Waals surface area contributed by atoms with Crippen molar-refractivity contribution in [1.82, 2.24) is 0 Å². The van der Waals surface area contributed by atoms with Crippen LogP contribution in [0.5, 0.6) is 0 Å². The summed E-state index contributed by atoms with van der Waals surface area (Å²) in [5.41, 5.74) is 1.50. The van der Waals surface area contributed by atoms with Crippen LogP contribution in [-0.4, -0.2) is 4.83 Å². The number of halogens is 2. The molecule has 0 aromatic carbocycles. The van der Waals surface area contributed by atoms with Gasteiger partial charge >= 0.3 is 0 Å². The smallest absolute Gasteiger partial charge is 0.0460 e. The van der Waals surface area contributed by atoms with Crippen molar-refractivity contribution in [3.8, 4) is 0 Å². The molecule has 0 unspecified atom stereocenters. The van der Waals surface area contributed by atoms with E-state index in [0.29, 0.717) is 4.83 Å². The van der Waals surface area contributed by atoms with Crippen LogP contribution in [0.4, 0.5) is 0 Å². The highest BCUT2D eigenvalue weighted by Gasteiger charge is 2.15. The van der Waals surface area contributed by atoms with Gasteiger partial charge in [0.05, 0.1) is 0 Å². The van der Waals surface area contributed by atoms with Crippen LogP contribution in [0.1, 0.15) is 26.2 Å². The molecule has 0 spiro atoms. The lowest BCUT2D eigenvalue weighted by atomic mass is 10.0. The van der Waals surface area contributed by atoms with Gasteiger partial charge in [0.1, 0.15) is 0 Å². The van der Waals surface area contributed by atoms with Crippen molar-refractivity contribution in [3.63, 3.8) is 0 Å². The van der Waals surface area contributed by atoms with Crippen molar-refractivity contribution < 1.29 is 0 Å². The average molecular weight is 254 g/mol. The molecule has 1 aliphatic carbocycles. The Balaban J connectivity index is 2.72. The topological polar surface area (TPSA) is 0 Å². The second kappa shape index (κ2) is 3.20. The SMILES string of the molecule is CC1=C(Br)[C@H](Br)CCC1. The second-order valence-corrected chi connectivity index (χ2v) is 4.45. The van der Waals surface area contributed by atoms with Crippen LogP contribution in [0.15, 0.2) is 10.1 Å². The first-order valence-corrected chi connectivity index (χ1v) is 4.92. The molecular weight excluding hydrogens is 244 g/mol. The first-order chi connectivity index (χ1) is 4.22. The van der Waals surface area contributed by atoms with Gasteiger partial charge in [0, 0.05) is 9.31 Å². The molecular formula is C7H10Br2. The lowest BCUT2D eigenvalue weighted by Gasteiger charge is -2.17. The van der Waals surface area contributed by atoms with Crippen molar-refractivity contribution >= 4 is 31.9 Å². The minimum atomic E-state index is 0.589. The predicted molar refractivity (Wildman–Crippen MR) is 48.2 cm³/mol. The maximum absolute atomic E-state index is 3.59. The average Bonchev–Trinajstić information content (AvgIpc) is 1.83. The zero-order chi connectivity index (χ0) is 6.85. The minimum Gasteiger partial charge on any atom is -0.0833 e. The van der Waals surface area contributed by atoms with E-state index in [4.69, 9.17) is 0 Å². The second-order valence-electron chi connectivity index (χ2n) is 2.49. The van der Waals surface area contributed by atoms with Gasteiger partial charge in [-0.3, -0.25) is 0 Å². The summed E-state index contributed by atoms with van der Waals surface area (Å²) in [6.07, 6.45) is 3.87. The molecule has 0 heterocycles. The van der Waals surface area contributed by atoms with Crippen LogP contribution in [0.3, 0.4) is 0 Å². The summed E-state index contributed by atoms with van der Waals surface area (Å²) in [6, 6.07) is 0. The fourth-order valence-corrected chi connectivity index (χ4v) is 2.20. The predicted octanol–water partition coefficient (Wildman–Crippen LogP) is 3.60. The third-order valence-corrected chi connectivity index (χ3v) is 4.45. The molecule has 0 fully saturated rings. The van der Waals surface area contributed by atoms with E-state index < -0.39 is 0 Å². The van der Waals surface area contributed by atoms with E-state index in [9.17, 15) is 0 Å². The highest BCUT2D eigenvalue weighted by molar-refractivity contribution is 9.14. The molecule has 9 heavy (non-hydrogen) atoms. The summed E-state index contributed by atoms with van der Waals surface area (Å²) in [4.78, 5) is 0.589. The Morgan fingerprint density at radius 1 is 1.56 bits per heavy atom. The molecule has 0 bridgehead atoms. The monoisotopic (exact) mass is 252 g/mol. The highest BCUT2D eigenvalue weighted by atomic mass is 79.9. The Bertz CT molecular complexity index is 138. The Kier molecular flexibility index (Phi) is 2.77.